The number of β-lactam (4-membered cyclic amide) rings is 1. The molecule has 2 aromatic rings. The van der Waals surface area contributed by atoms with Crippen molar-refractivity contribution in [2.24, 2.45) is 5.18 Å². The number of allylic oxidation sites excluding steroid dienone is 1. The fourth-order valence-corrected chi connectivity index (χ4v) is 7.41. The lowest BCUT2D eigenvalue weighted by Gasteiger charge is -2.50. The van der Waals surface area contributed by atoms with Gasteiger partial charge in [0.05, 0.1) is 6.04 Å². The molecule has 0 aromatic carbocycles. The molecule has 0 aliphatic carbocycles. The summed E-state index contributed by atoms with van der Waals surface area (Å²) in [5.41, 5.74) is 5.85. The van der Waals surface area contributed by atoms with Gasteiger partial charge in [-0.25, -0.2) is 9.78 Å². The number of carbonyl (C=O) groups excluding carboxylic acids is 3. The SMILES string of the molecule is Nc1nc(C(N=O)C(=O)N[C@@H]2C(=O)N3C(C(=O)O)=C(Sc4ccncc4CSCCNC(=O)C(F)(F)F)CCC23)c(Cl)s1. The van der Waals surface area contributed by atoms with Crippen molar-refractivity contribution in [2.45, 2.75) is 47.8 Å². The third-order valence-electron chi connectivity index (χ3n) is 6.27. The number of nitrogens with two attached hydrogens (primary N) is 1. The van der Waals surface area contributed by atoms with Crippen LogP contribution < -0.4 is 16.4 Å². The molecule has 4 heterocycles. The maximum Gasteiger partial charge on any atom is 0.471 e. The Morgan fingerprint density at radius 2 is 2.09 bits per heavy atom. The first-order valence-corrected chi connectivity index (χ1v) is 15.4. The predicted molar refractivity (Wildman–Crippen MR) is 152 cm³/mol. The summed E-state index contributed by atoms with van der Waals surface area (Å²) >= 11 is 9.21. The number of carbonyl (C=O) groups is 4. The summed E-state index contributed by atoms with van der Waals surface area (Å²) in [7, 11) is 0. The molecule has 2 aromatic heterocycles. The minimum atomic E-state index is -4.96. The van der Waals surface area contributed by atoms with Gasteiger partial charge in [0, 0.05) is 40.2 Å². The molecule has 5 N–H and O–H groups in total. The number of nitroso groups, excluding NO2 is 1. The molecule has 2 aliphatic heterocycles. The van der Waals surface area contributed by atoms with Crippen LogP contribution in [-0.2, 0) is 24.9 Å². The molecule has 0 radical (unpaired) electrons. The van der Waals surface area contributed by atoms with E-state index in [1.807, 2.05) is 0 Å². The second-order valence-electron chi connectivity index (χ2n) is 8.99. The highest BCUT2D eigenvalue weighted by Crippen LogP contribution is 2.44. The molecule has 1 saturated heterocycles. The molecular weight excluding hydrogens is 659 g/mol. The Bertz CT molecular complexity index is 1490. The number of thiazole rings is 1. The van der Waals surface area contributed by atoms with Gasteiger partial charge in [-0.2, -0.15) is 24.9 Å². The lowest BCUT2D eigenvalue weighted by atomic mass is 9.86. The van der Waals surface area contributed by atoms with Crippen molar-refractivity contribution < 1.29 is 37.5 Å². The minimum Gasteiger partial charge on any atom is -0.477 e. The first-order valence-electron chi connectivity index (χ1n) is 12.2. The standard InChI is InChI=1S/C23H21ClF3N7O6S3/c24-17-14(32-22(28)43-17)15(33-40)18(35)31-13-10-1-2-12(16(20(37)38)34(10)19(13)36)42-11-3-4-29-7-9(11)8-41-6-5-30-21(39)23(25,26)27/h3-4,7,10,13,15H,1-2,5-6,8H2,(H2,28,32)(H,30,39)(H,31,35)(H,37,38)/t10?,13-,15?/m0/s1. The molecule has 2 aliphatic rings. The number of hydrogen-bond donors (Lipinski definition) is 4. The number of anilines is 1. The van der Waals surface area contributed by atoms with Crippen molar-refractivity contribution in [1.29, 1.82) is 0 Å². The van der Waals surface area contributed by atoms with Gasteiger partial charge < -0.3 is 21.5 Å². The molecule has 0 bridgehead atoms. The number of thioether (sulfide) groups is 2. The molecule has 20 heteroatoms. The number of nitrogens with zero attached hydrogens (tertiary/aromatic N) is 4. The van der Waals surface area contributed by atoms with E-state index in [1.54, 1.807) is 11.4 Å². The zero-order chi connectivity index (χ0) is 31.5. The number of nitrogen functional groups attached to an aromatic ring is 1. The number of alkyl halides is 3. The van der Waals surface area contributed by atoms with Crippen molar-refractivity contribution in [3.8, 4) is 0 Å². The number of carboxylic acid groups (broad SMARTS) is 1. The van der Waals surface area contributed by atoms with Gasteiger partial charge in [-0.1, -0.05) is 34.7 Å². The summed E-state index contributed by atoms with van der Waals surface area (Å²) in [5.74, 6) is -4.50. The van der Waals surface area contributed by atoms with Gasteiger partial charge in [0.15, 0.2) is 5.13 Å². The van der Waals surface area contributed by atoms with E-state index >= 15 is 0 Å². The number of halogens is 4. The average Bonchev–Trinajstić information content (AvgIpc) is 3.28. The van der Waals surface area contributed by atoms with Crippen molar-refractivity contribution in [1.82, 2.24) is 25.5 Å². The van der Waals surface area contributed by atoms with Crippen LogP contribution in [0.4, 0.5) is 18.3 Å². The smallest absolute Gasteiger partial charge is 0.471 e. The van der Waals surface area contributed by atoms with Crippen LogP contribution in [0.25, 0.3) is 0 Å². The van der Waals surface area contributed by atoms with Crippen molar-refractivity contribution in [2.75, 3.05) is 18.0 Å². The fourth-order valence-electron chi connectivity index (χ4n) is 4.35. The maximum absolute atomic E-state index is 13.1. The van der Waals surface area contributed by atoms with E-state index in [2.05, 4.69) is 20.5 Å². The molecule has 3 atom stereocenters. The van der Waals surface area contributed by atoms with Crippen LogP contribution >= 0.6 is 46.5 Å². The quantitative estimate of drug-likeness (QED) is 0.146. The molecule has 2 unspecified atom stereocenters. The summed E-state index contributed by atoms with van der Waals surface area (Å²) in [6.07, 6.45) is -1.39. The van der Waals surface area contributed by atoms with Crippen LogP contribution in [0, 0.1) is 4.91 Å². The summed E-state index contributed by atoms with van der Waals surface area (Å²) < 4.78 is 37.0. The summed E-state index contributed by atoms with van der Waals surface area (Å²) in [5, 5.41) is 17.0. The monoisotopic (exact) mass is 679 g/mol. The number of aliphatic carboxylic acids is 1. The van der Waals surface area contributed by atoms with Gasteiger partial charge >= 0.3 is 18.1 Å². The second kappa shape index (κ2) is 13.5. The highest BCUT2D eigenvalue weighted by Gasteiger charge is 2.54. The number of amides is 3. The normalized spacial score (nSPS) is 18.9. The predicted octanol–water partition coefficient (Wildman–Crippen LogP) is 3.07. The van der Waals surface area contributed by atoms with Gasteiger partial charge in [0.25, 0.3) is 11.8 Å². The molecule has 0 saturated carbocycles. The van der Waals surface area contributed by atoms with Crippen LogP contribution in [0.3, 0.4) is 0 Å². The summed E-state index contributed by atoms with van der Waals surface area (Å²) in [6.45, 7) is -0.204. The van der Waals surface area contributed by atoms with Gasteiger partial charge in [-0.15, -0.1) is 4.91 Å². The zero-order valence-corrected chi connectivity index (χ0v) is 24.8. The molecule has 230 valence electrons. The molecule has 1 fully saturated rings. The Labute approximate surface area is 258 Å². The molecule has 13 nitrogen and oxygen atoms in total. The van der Waals surface area contributed by atoms with Crippen LogP contribution in [0.5, 0.6) is 0 Å². The van der Waals surface area contributed by atoms with E-state index in [4.69, 9.17) is 17.3 Å². The van der Waals surface area contributed by atoms with Gasteiger partial charge in [-0.05, 0) is 29.6 Å². The van der Waals surface area contributed by atoms with Crippen LogP contribution in [0.15, 0.2) is 39.1 Å². The first-order chi connectivity index (χ1) is 20.3. The highest BCUT2D eigenvalue weighted by molar-refractivity contribution is 8.03. The molecule has 0 spiro atoms. The Hall–Kier alpha value is -3.42. The number of fused-ring (bicyclic) bond motifs is 1. The van der Waals surface area contributed by atoms with Crippen LogP contribution in [0.1, 0.15) is 30.1 Å². The van der Waals surface area contributed by atoms with Crippen molar-refractivity contribution in [3.63, 3.8) is 0 Å². The van der Waals surface area contributed by atoms with E-state index in [9.17, 15) is 42.4 Å². The third kappa shape index (κ3) is 7.22. The lowest BCUT2D eigenvalue weighted by Crippen LogP contribution is -2.71. The Morgan fingerprint density at radius 1 is 1.35 bits per heavy atom. The van der Waals surface area contributed by atoms with Crippen LogP contribution in [-0.4, -0.2) is 74.2 Å². The molecular formula is C23H21ClF3N7O6S3. The summed E-state index contributed by atoms with van der Waals surface area (Å²) in [4.78, 5) is 70.5. The molecule has 3 amide bonds. The lowest BCUT2D eigenvalue weighted by molar-refractivity contribution is -0.173. The topological polar surface area (TPSA) is 197 Å². The maximum atomic E-state index is 13.1. The Balaban J connectivity index is 1.42. The third-order valence-corrected chi connectivity index (χ3v) is 9.65. The summed E-state index contributed by atoms with van der Waals surface area (Å²) in [6, 6.07) is -1.79. The largest absolute Gasteiger partial charge is 0.477 e. The van der Waals surface area contributed by atoms with E-state index in [-0.39, 0.29) is 39.6 Å². The van der Waals surface area contributed by atoms with Gasteiger partial charge in [0.2, 0.25) is 6.04 Å². The average molecular weight is 680 g/mol. The highest BCUT2D eigenvalue weighted by atomic mass is 35.5. The molecule has 43 heavy (non-hydrogen) atoms. The van der Waals surface area contributed by atoms with Crippen molar-refractivity contribution >= 4 is 75.3 Å². The van der Waals surface area contributed by atoms with Gasteiger partial charge in [-0.3, -0.25) is 24.3 Å². The number of rotatable bonds is 12. The fraction of sp³-hybridized carbons (Fsp3) is 0.391. The first kappa shape index (κ1) is 32.5. The van der Waals surface area contributed by atoms with E-state index in [1.165, 1.54) is 24.2 Å². The zero-order valence-electron chi connectivity index (χ0n) is 21.6. The van der Waals surface area contributed by atoms with Crippen molar-refractivity contribution in [3.05, 3.63) is 49.6 Å². The van der Waals surface area contributed by atoms with E-state index < -0.39 is 48.0 Å². The van der Waals surface area contributed by atoms with E-state index in [0.29, 0.717) is 27.5 Å². The number of nitrogens with one attached hydrogen (secondary N) is 2. The molecule has 4 rings (SSSR count). The number of pyridine rings is 1. The Morgan fingerprint density at radius 3 is 2.72 bits per heavy atom. The number of hydrogen-bond acceptors (Lipinski definition) is 12. The van der Waals surface area contributed by atoms with Crippen LogP contribution in [0.2, 0.25) is 4.34 Å². The van der Waals surface area contributed by atoms with Gasteiger partial charge in [0.1, 0.15) is 21.8 Å². The number of aromatic nitrogens is 2. The number of carboxylic acids is 1. The van der Waals surface area contributed by atoms with E-state index in [0.717, 1.165) is 28.0 Å². The second-order valence-corrected chi connectivity index (χ2v) is 12.9. The minimum absolute atomic E-state index is 0.00338. The Kier molecular flexibility index (Phi) is 10.2.